The monoisotopic (exact) mass is 910 g/mol. The Labute approximate surface area is 352 Å². The van der Waals surface area contributed by atoms with Crippen molar-refractivity contribution in [2.75, 3.05) is 24.6 Å². The third-order valence-corrected chi connectivity index (χ3v) is 51.7. The maximum absolute atomic E-state index is 6.89. The molecule has 0 heterocycles. The second-order valence-electron chi connectivity index (χ2n) is 22.5. The number of thioether (sulfide) groups is 1. The molecule has 306 valence electrons. The van der Waals surface area contributed by atoms with Crippen molar-refractivity contribution in [3.05, 3.63) is 0 Å². The largest absolute Gasteiger partial charge is 0.345 e. The summed E-state index contributed by atoms with van der Waals surface area (Å²) in [5.41, 5.74) is 0. The van der Waals surface area contributed by atoms with Gasteiger partial charge in [-0.2, -0.15) is 11.8 Å². The molecule has 0 aliphatic heterocycles. The Bertz CT molecular complexity index is 931. The molecule has 0 aromatic heterocycles. The van der Waals surface area contributed by atoms with Gasteiger partial charge in [0.1, 0.15) is 32.9 Å². The fourth-order valence-electron chi connectivity index (χ4n) is 6.71. The van der Waals surface area contributed by atoms with Gasteiger partial charge >= 0.3 is 0 Å². The standard InChI is InChI=1S/C38H86Cl4N2SSi6/c1-33(2,3)48(15,16)43(49(17,18)34(4,5)6)29-23-25-37(13,46(39)40)27-31-45-32-28-38(14,47(41)42)26-24-30-44(50(19,20)35(7,8)9)51(21,22)36(10,11)12/h23-32H2,1-22H3. The van der Waals surface area contributed by atoms with Crippen molar-refractivity contribution in [1.82, 2.24) is 8.46 Å². The van der Waals surface area contributed by atoms with Crippen LogP contribution in [0.3, 0.4) is 0 Å². The van der Waals surface area contributed by atoms with E-state index >= 15 is 0 Å². The number of hydrogen-bond acceptors (Lipinski definition) is 3. The average molecular weight is 914 g/mol. The Morgan fingerprint density at radius 1 is 0.412 bits per heavy atom. The molecule has 0 aliphatic rings. The molecule has 0 rings (SSSR count). The van der Waals surface area contributed by atoms with Crippen molar-refractivity contribution in [3.63, 3.8) is 0 Å². The lowest BCUT2D eigenvalue weighted by atomic mass is 10.0. The summed E-state index contributed by atoms with van der Waals surface area (Å²) in [6, 6.07) is 0. The maximum Gasteiger partial charge on any atom is 0.279 e. The van der Waals surface area contributed by atoms with Gasteiger partial charge in [0.15, 0.2) is 0 Å². The van der Waals surface area contributed by atoms with Crippen molar-refractivity contribution < 1.29 is 0 Å². The molecule has 0 aromatic rings. The molecule has 2 atom stereocenters. The van der Waals surface area contributed by atoms with Crippen LogP contribution in [0.4, 0.5) is 0 Å². The SMILES string of the molecule is CC(CCCN([Si](C)(C)C(C)(C)C)[Si](C)(C)C(C)(C)C)(CCSCCC(C)(CCCN([Si](C)(C)C(C)(C)C)[Si](C)(C)C(C)(C)C)[Si](Cl)Cl)[Si](Cl)Cl. The van der Waals surface area contributed by atoms with Crippen LogP contribution in [0.1, 0.15) is 135 Å². The highest BCUT2D eigenvalue weighted by Gasteiger charge is 2.53. The topological polar surface area (TPSA) is 6.48 Å². The van der Waals surface area contributed by atoms with Gasteiger partial charge in [0, 0.05) is 0 Å². The first-order chi connectivity index (χ1) is 22.3. The summed E-state index contributed by atoms with van der Waals surface area (Å²) in [6.45, 7) is 57.4. The minimum absolute atomic E-state index is 0.00147. The zero-order valence-corrected chi connectivity index (χ0v) is 47.7. The first-order valence-corrected chi connectivity index (χ1v) is 39.8. The van der Waals surface area contributed by atoms with Crippen LogP contribution in [0.15, 0.2) is 0 Å². The molecule has 0 spiro atoms. The Morgan fingerprint density at radius 2 is 0.627 bits per heavy atom. The van der Waals surface area contributed by atoms with Gasteiger partial charge in [-0.3, -0.25) is 0 Å². The zero-order chi connectivity index (χ0) is 41.1. The minimum atomic E-state index is -1.70. The van der Waals surface area contributed by atoms with E-state index in [2.05, 4.69) is 170 Å². The van der Waals surface area contributed by atoms with E-state index in [9.17, 15) is 0 Å². The third kappa shape index (κ3) is 13.9. The van der Waals surface area contributed by atoms with E-state index in [0.717, 1.165) is 63.1 Å². The molecule has 2 unspecified atom stereocenters. The summed E-state index contributed by atoms with van der Waals surface area (Å²) < 4.78 is 6.11. The van der Waals surface area contributed by atoms with Gasteiger partial charge in [-0.25, -0.2) is 0 Å². The van der Waals surface area contributed by atoms with Crippen LogP contribution >= 0.6 is 56.1 Å². The van der Waals surface area contributed by atoms with E-state index in [-0.39, 0.29) is 10.1 Å². The van der Waals surface area contributed by atoms with Gasteiger partial charge in [0.25, 0.3) is 14.8 Å². The minimum Gasteiger partial charge on any atom is -0.345 e. The first-order valence-electron chi connectivity index (χ1n) is 19.8. The van der Waals surface area contributed by atoms with E-state index in [1.807, 2.05) is 0 Å². The lowest BCUT2D eigenvalue weighted by Gasteiger charge is -2.57. The summed E-state index contributed by atoms with van der Waals surface area (Å²) in [5, 5.41) is 1.25. The molecule has 2 radical (unpaired) electrons. The van der Waals surface area contributed by atoms with Gasteiger partial charge in [-0.15, -0.1) is 44.3 Å². The molecule has 0 amide bonds. The fourth-order valence-corrected chi connectivity index (χ4v) is 33.4. The van der Waals surface area contributed by atoms with Crippen molar-refractivity contribution in [1.29, 1.82) is 0 Å². The van der Waals surface area contributed by atoms with Crippen LogP contribution in [0.5, 0.6) is 0 Å². The zero-order valence-electron chi connectivity index (χ0n) is 37.9. The quantitative estimate of drug-likeness (QED) is 0.0683. The van der Waals surface area contributed by atoms with Gasteiger partial charge in [-0.1, -0.05) is 149 Å². The van der Waals surface area contributed by atoms with E-state index < -0.39 is 47.8 Å². The lowest BCUT2D eigenvalue weighted by Crippen LogP contribution is -2.68. The van der Waals surface area contributed by atoms with E-state index in [4.69, 9.17) is 44.3 Å². The van der Waals surface area contributed by atoms with Crippen molar-refractivity contribution in [2.24, 2.45) is 0 Å². The average Bonchev–Trinajstić information content (AvgIpc) is 2.90. The Kier molecular flexibility index (Phi) is 20.2. The summed E-state index contributed by atoms with van der Waals surface area (Å²) in [6.07, 6.45) is 6.67. The van der Waals surface area contributed by atoms with Gasteiger partial charge < -0.3 is 8.46 Å². The van der Waals surface area contributed by atoms with E-state index in [1.165, 1.54) is 0 Å². The van der Waals surface area contributed by atoms with Crippen LogP contribution in [0, 0.1) is 0 Å². The van der Waals surface area contributed by atoms with E-state index in [1.54, 1.807) is 0 Å². The molecule has 0 aliphatic carbocycles. The third-order valence-electron chi connectivity index (χ3n) is 14.8. The molecule has 13 heteroatoms. The van der Waals surface area contributed by atoms with Crippen LogP contribution < -0.4 is 0 Å². The highest BCUT2D eigenvalue weighted by atomic mass is 35.7. The molecule has 0 saturated carbocycles. The fraction of sp³-hybridized carbons (Fsp3) is 1.00. The van der Waals surface area contributed by atoms with Crippen LogP contribution in [-0.4, -0.2) is 80.8 Å². The molecule has 51 heavy (non-hydrogen) atoms. The second kappa shape index (κ2) is 19.2. The number of nitrogens with zero attached hydrogens (tertiary/aromatic N) is 2. The molecule has 2 nitrogen and oxygen atoms in total. The summed E-state index contributed by atoms with van der Waals surface area (Å²) >= 11 is 29.6. The van der Waals surface area contributed by atoms with Gasteiger partial charge in [0.05, 0.1) is 0 Å². The number of halogens is 4. The first kappa shape index (κ1) is 53.7. The van der Waals surface area contributed by atoms with E-state index in [0.29, 0.717) is 20.2 Å². The summed E-state index contributed by atoms with van der Waals surface area (Å²) in [4.78, 5) is 0. The molecule has 0 saturated heterocycles. The molecular weight excluding hydrogens is 827 g/mol. The smallest absolute Gasteiger partial charge is 0.279 e. The highest BCUT2D eigenvalue weighted by molar-refractivity contribution is 7.99. The Morgan fingerprint density at radius 3 is 0.804 bits per heavy atom. The van der Waals surface area contributed by atoms with Crippen molar-refractivity contribution in [3.8, 4) is 0 Å². The second-order valence-corrected chi connectivity index (χ2v) is 54.4. The lowest BCUT2D eigenvalue weighted by molar-refractivity contribution is 0.449. The summed E-state index contributed by atoms with van der Waals surface area (Å²) in [7, 11) is -9.79. The van der Waals surface area contributed by atoms with Crippen LogP contribution in [-0.2, 0) is 0 Å². The van der Waals surface area contributed by atoms with Crippen molar-refractivity contribution >= 4 is 104 Å². The predicted molar refractivity (Wildman–Crippen MR) is 259 cm³/mol. The van der Waals surface area contributed by atoms with Gasteiger partial charge in [0.2, 0.25) is 0 Å². The molecule has 0 N–H and O–H groups in total. The van der Waals surface area contributed by atoms with Crippen molar-refractivity contribution in [2.45, 2.75) is 218 Å². The van der Waals surface area contributed by atoms with Gasteiger partial charge in [-0.05, 0) is 93.3 Å². The van der Waals surface area contributed by atoms with Crippen LogP contribution in [0.25, 0.3) is 0 Å². The Hall–Kier alpha value is 2.73. The molecular formula is C38H86Cl4N2SSi6. The highest BCUT2D eigenvalue weighted by Crippen LogP contribution is 2.51. The maximum atomic E-state index is 6.89. The normalized spacial score (nSPS) is 17.5. The predicted octanol–water partition coefficient (Wildman–Crippen LogP) is 16.1. The molecule has 0 aromatic carbocycles. The Balaban J connectivity index is 5.63. The number of hydrogen-bond donors (Lipinski definition) is 0. The number of rotatable bonds is 20. The molecule has 0 bridgehead atoms. The summed E-state index contributed by atoms with van der Waals surface area (Å²) in [5.74, 6) is 2.18. The molecule has 0 fully saturated rings. The van der Waals surface area contributed by atoms with Crippen LogP contribution in [0.2, 0.25) is 82.6 Å².